The van der Waals surface area contributed by atoms with Crippen LogP contribution in [0.25, 0.3) is 5.69 Å². The van der Waals surface area contributed by atoms with Gasteiger partial charge in [0.25, 0.3) is 0 Å². The van der Waals surface area contributed by atoms with Gasteiger partial charge in [-0.3, -0.25) is 9.59 Å². The van der Waals surface area contributed by atoms with Gasteiger partial charge in [-0.1, -0.05) is 27.2 Å². The number of anilines is 1. The highest BCUT2D eigenvalue weighted by atomic mass is 16.2. The van der Waals surface area contributed by atoms with Crippen molar-refractivity contribution in [3.63, 3.8) is 0 Å². The van der Waals surface area contributed by atoms with Crippen LogP contribution in [0.5, 0.6) is 0 Å². The van der Waals surface area contributed by atoms with E-state index < -0.39 is 6.04 Å². The van der Waals surface area contributed by atoms with E-state index in [9.17, 15) is 9.59 Å². The minimum Gasteiger partial charge on any atom is -0.345 e. The molecule has 7 nitrogen and oxygen atoms in total. The number of amides is 2. The van der Waals surface area contributed by atoms with Gasteiger partial charge in [-0.2, -0.15) is 5.10 Å². The molecule has 0 fully saturated rings. The molecule has 0 radical (unpaired) electrons. The van der Waals surface area contributed by atoms with Crippen LogP contribution in [0, 0.1) is 5.41 Å². The quantitative estimate of drug-likeness (QED) is 0.808. The summed E-state index contributed by atoms with van der Waals surface area (Å²) < 4.78 is 1.63. The van der Waals surface area contributed by atoms with Gasteiger partial charge in [0.05, 0.1) is 5.69 Å². The molecule has 0 spiro atoms. The lowest BCUT2D eigenvalue weighted by atomic mass is 9.86. The Morgan fingerprint density at radius 1 is 1.24 bits per heavy atom. The molecular formula is C18H25N5O2. The first-order valence-electron chi connectivity index (χ1n) is 8.36. The Labute approximate surface area is 147 Å². The first-order valence-corrected chi connectivity index (χ1v) is 8.36. The Kier molecular flexibility index (Phi) is 5.90. The summed E-state index contributed by atoms with van der Waals surface area (Å²) in [4.78, 5) is 28.2. The Morgan fingerprint density at radius 3 is 2.48 bits per heavy atom. The fraction of sp³-hybridized carbons (Fsp3) is 0.444. The molecule has 2 N–H and O–H groups in total. The first-order chi connectivity index (χ1) is 11.8. The van der Waals surface area contributed by atoms with E-state index in [0.717, 1.165) is 12.1 Å². The SMILES string of the molecule is CCC(C)(C)CC(=O)NC(C)C(=O)Nc1ccc(-n2cncn2)cc1. The molecular weight excluding hydrogens is 318 g/mol. The third-order valence-corrected chi connectivity index (χ3v) is 4.19. The number of carbonyl (C=O) groups is 2. The van der Waals surface area contributed by atoms with E-state index in [-0.39, 0.29) is 17.2 Å². The predicted molar refractivity (Wildman–Crippen MR) is 96.3 cm³/mol. The molecule has 1 aromatic heterocycles. The maximum Gasteiger partial charge on any atom is 0.246 e. The third kappa shape index (κ3) is 5.41. The van der Waals surface area contributed by atoms with Crippen molar-refractivity contribution >= 4 is 17.5 Å². The van der Waals surface area contributed by atoms with E-state index in [1.54, 1.807) is 30.1 Å². The van der Waals surface area contributed by atoms with E-state index in [4.69, 9.17) is 0 Å². The summed E-state index contributed by atoms with van der Waals surface area (Å²) in [6.45, 7) is 7.80. The topological polar surface area (TPSA) is 88.9 Å². The summed E-state index contributed by atoms with van der Waals surface area (Å²) in [5.74, 6) is -0.368. The van der Waals surface area contributed by atoms with Gasteiger partial charge in [-0.25, -0.2) is 9.67 Å². The van der Waals surface area contributed by atoms with Crippen molar-refractivity contribution in [3.05, 3.63) is 36.9 Å². The smallest absolute Gasteiger partial charge is 0.246 e. The van der Waals surface area contributed by atoms with Gasteiger partial charge in [-0.15, -0.1) is 0 Å². The van der Waals surface area contributed by atoms with Crippen LogP contribution in [0.4, 0.5) is 5.69 Å². The van der Waals surface area contributed by atoms with Crippen molar-refractivity contribution in [3.8, 4) is 5.69 Å². The maximum atomic E-state index is 12.2. The van der Waals surface area contributed by atoms with Crippen molar-refractivity contribution in [1.82, 2.24) is 20.1 Å². The maximum absolute atomic E-state index is 12.2. The Balaban J connectivity index is 1.89. The number of nitrogens with zero attached hydrogens (tertiary/aromatic N) is 3. The highest BCUT2D eigenvalue weighted by Gasteiger charge is 2.22. The van der Waals surface area contributed by atoms with E-state index in [1.165, 1.54) is 6.33 Å². The Bertz CT molecular complexity index is 708. The van der Waals surface area contributed by atoms with E-state index >= 15 is 0 Å². The minimum absolute atomic E-state index is 0.0720. The summed E-state index contributed by atoms with van der Waals surface area (Å²) in [6, 6.07) is 6.62. The number of rotatable bonds is 7. The number of hydrogen-bond donors (Lipinski definition) is 2. The highest BCUT2D eigenvalue weighted by molar-refractivity contribution is 5.97. The Morgan fingerprint density at radius 2 is 1.92 bits per heavy atom. The van der Waals surface area contributed by atoms with Crippen LogP contribution >= 0.6 is 0 Å². The molecule has 0 aliphatic carbocycles. The van der Waals surface area contributed by atoms with E-state index in [1.807, 2.05) is 32.9 Å². The average Bonchev–Trinajstić information content (AvgIpc) is 3.09. The van der Waals surface area contributed by atoms with Gasteiger partial charge in [-0.05, 0) is 36.6 Å². The third-order valence-electron chi connectivity index (χ3n) is 4.19. The number of carbonyl (C=O) groups excluding carboxylic acids is 2. The summed E-state index contributed by atoms with van der Waals surface area (Å²) >= 11 is 0. The molecule has 2 rings (SSSR count). The number of aromatic nitrogens is 3. The molecule has 0 aliphatic heterocycles. The summed E-state index contributed by atoms with van der Waals surface area (Å²) in [5, 5.41) is 9.59. The van der Waals surface area contributed by atoms with Crippen molar-refractivity contribution < 1.29 is 9.59 Å². The molecule has 0 aliphatic rings. The molecule has 25 heavy (non-hydrogen) atoms. The van der Waals surface area contributed by atoms with Crippen LogP contribution in [0.3, 0.4) is 0 Å². The van der Waals surface area contributed by atoms with Crippen LogP contribution in [0.1, 0.15) is 40.5 Å². The predicted octanol–water partition coefficient (Wildman–Crippen LogP) is 2.54. The molecule has 0 saturated heterocycles. The fourth-order valence-corrected chi connectivity index (χ4v) is 2.21. The second kappa shape index (κ2) is 7.92. The van der Waals surface area contributed by atoms with Gasteiger partial charge in [0, 0.05) is 12.1 Å². The second-order valence-electron chi connectivity index (χ2n) is 6.86. The van der Waals surface area contributed by atoms with Gasteiger partial charge >= 0.3 is 0 Å². The zero-order chi connectivity index (χ0) is 18.4. The van der Waals surface area contributed by atoms with Crippen molar-refractivity contribution in [2.75, 3.05) is 5.32 Å². The molecule has 134 valence electrons. The normalized spacial score (nSPS) is 12.5. The Hall–Kier alpha value is -2.70. The van der Waals surface area contributed by atoms with Crippen LogP contribution in [-0.2, 0) is 9.59 Å². The van der Waals surface area contributed by atoms with Crippen molar-refractivity contribution in [2.24, 2.45) is 5.41 Å². The number of nitrogens with one attached hydrogen (secondary N) is 2. The van der Waals surface area contributed by atoms with Gasteiger partial charge in [0.2, 0.25) is 11.8 Å². The van der Waals surface area contributed by atoms with Gasteiger partial charge < -0.3 is 10.6 Å². The minimum atomic E-state index is -0.602. The summed E-state index contributed by atoms with van der Waals surface area (Å²) in [6.07, 6.45) is 4.36. The zero-order valence-electron chi connectivity index (χ0n) is 15.1. The van der Waals surface area contributed by atoms with E-state index in [0.29, 0.717) is 12.1 Å². The second-order valence-corrected chi connectivity index (χ2v) is 6.86. The molecule has 0 bridgehead atoms. The van der Waals surface area contributed by atoms with E-state index in [2.05, 4.69) is 20.7 Å². The molecule has 1 heterocycles. The van der Waals surface area contributed by atoms with Crippen LogP contribution in [0.15, 0.2) is 36.9 Å². The van der Waals surface area contributed by atoms with Crippen LogP contribution in [-0.4, -0.2) is 32.6 Å². The zero-order valence-corrected chi connectivity index (χ0v) is 15.1. The molecule has 2 aromatic rings. The summed E-state index contributed by atoms with van der Waals surface area (Å²) in [5.41, 5.74) is 1.43. The standard InChI is InChI=1S/C18H25N5O2/c1-5-18(3,4)10-16(24)21-13(2)17(25)22-14-6-8-15(9-7-14)23-12-19-11-20-23/h6-9,11-13H,5,10H2,1-4H3,(H,21,24)(H,22,25). The highest BCUT2D eigenvalue weighted by Crippen LogP contribution is 2.24. The summed E-state index contributed by atoms with van der Waals surface area (Å²) in [7, 11) is 0. The largest absolute Gasteiger partial charge is 0.345 e. The molecule has 1 atom stereocenters. The number of hydrogen-bond acceptors (Lipinski definition) is 4. The van der Waals surface area contributed by atoms with Crippen LogP contribution < -0.4 is 10.6 Å². The van der Waals surface area contributed by atoms with Gasteiger partial charge in [0.1, 0.15) is 18.7 Å². The molecule has 1 aromatic carbocycles. The molecule has 1 unspecified atom stereocenters. The van der Waals surface area contributed by atoms with Crippen molar-refractivity contribution in [2.45, 2.75) is 46.6 Å². The first kappa shape index (κ1) is 18.6. The van der Waals surface area contributed by atoms with Crippen molar-refractivity contribution in [1.29, 1.82) is 0 Å². The molecule has 7 heteroatoms. The monoisotopic (exact) mass is 343 g/mol. The van der Waals surface area contributed by atoms with Crippen LogP contribution in [0.2, 0.25) is 0 Å². The number of benzene rings is 1. The molecule has 0 saturated carbocycles. The fourth-order valence-electron chi connectivity index (χ4n) is 2.21. The average molecular weight is 343 g/mol. The lowest BCUT2D eigenvalue weighted by molar-refractivity contribution is -0.127. The lowest BCUT2D eigenvalue weighted by Crippen LogP contribution is -2.42. The molecule has 2 amide bonds. The lowest BCUT2D eigenvalue weighted by Gasteiger charge is -2.23. The van der Waals surface area contributed by atoms with Gasteiger partial charge in [0.15, 0.2) is 0 Å².